The first-order valence-electron chi connectivity index (χ1n) is 5.88. The second kappa shape index (κ2) is 8.01. The summed E-state index contributed by atoms with van der Waals surface area (Å²) in [5.41, 5.74) is 0.0663. The SMILES string of the molecule is COCC(Cl)CN(C)C(=O)c1ccccc1OC(F)F. The first kappa shape index (κ1) is 16.7. The quantitative estimate of drug-likeness (QED) is 0.727. The monoisotopic (exact) mass is 307 g/mol. The predicted octanol–water partition coefficient (Wildman–Crippen LogP) is 2.61. The van der Waals surface area contributed by atoms with Crippen molar-refractivity contribution in [3.05, 3.63) is 29.8 Å². The molecule has 0 aliphatic carbocycles. The third kappa shape index (κ3) is 4.94. The minimum atomic E-state index is -2.98. The van der Waals surface area contributed by atoms with Gasteiger partial charge in [-0.1, -0.05) is 12.1 Å². The second-order valence-electron chi connectivity index (χ2n) is 4.11. The number of rotatable bonds is 7. The summed E-state index contributed by atoms with van der Waals surface area (Å²) in [5, 5.41) is -0.378. The predicted molar refractivity (Wildman–Crippen MR) is 71.6 cm³/mol. The Labute approximate surface area is 121 Å². The van der Waals surface area contributed by atoms with Crippen molar-refractivity contribution in [3.8, 4) is 5.75 Å². The number of halogens is 3. The van der Waals surface area contributed by atoms with Crippen molar-refractivity contribution in [1.29, 1.82) is 0 Å². The molecule has 0 saturated carbocycles. The molecule has 1 unspecified atom stereocenters. The van der Waals surface area contributed by atoms with Gasteiger partial charge in [0.15, 0.2) is 0 Å². The zero-order chi connectivity index (χ0) is 15.1. The number of carbonyl (C=O) groups excluding carboxylic acids is 1. The standard InChI is InChI=1S/C13H16ClF2NO3/c1-17(7-9(14)8-19-2)12(18)10-5-3-4-6-11(10)20-13(15)16/h3-6,9,13H,7-8H2,1-2H3. The van der Waals surface area contributed by atoms with E-state index in [9.17, 15) is 13.6 Å². The van der Waals surface area contributed by atoms with Crippen molar-refractivity contribution in [2.24, 2.45) is 0 Å². The Balaban J connectivity index is 2.80. The maximum absolute atomic E-state index is 12.3. The molecule has 0 heterocycles. The van der Waals surface area contributed by atoms with Crippen LogP contribution in [0.1, 0.15) is 10.4 Å². The van der Waals surface area contributed by atoms with Gasteiger partial charge in [-0.15, -0.1) is 11.6 Å². The second-order valence-corrected chi connectivity index (χ2v) is 4.73. The molecule has 20 heavy (non-hydrogen) atoms. The molecule has 0 aromatic heterocycles. The van der Waals surface area contributed by atoms with Crippen LogP contribution in [0.25, 0.3) is 0 Å². The summed E-state index contributed by atoms with van der Waals surface area (Å²) in [4.78, 5) is 13.5. The average Bonchev–Trinajstić information content (AvgIpc) is 2.38. The van der Waals surface area contributed by atoms with E-state index in [1.54, 1.807) is 6.07 Å². The summed E-state index contributed by atoms with van der Waals surface area (Å²) in [5.74, 6) is -0.597. The van der Waals surface area contributed by atoms with E-state index in [-0.39, 0.29) is 29.8 Å². The highest BCUT2D eigenvalue weighted by atomic mass is 35.5. The average molecular weight is 308 g/mol. The van der Waals surface area contributed by atoms with Crippen molar-refractivity contribution >= 4 is 17.5 Å². The highest BCUT2D eigenvalue weighted by Crippen LogP contribution is 2.21. The molecule has 0 radical (unpaired) electrons. The topological polar surface area (TPSA) is 38.8 Å². The van der Waals surface area contributed by atoms with Gasteiger partial charge >= 0.3 is 6.61 Å². The Morgan fingerprint density at radius 1 is 1.40 bits per heavy atom. The molecule has 112 valence electrons. The van der Waals surface area contributed by atoms with Crippen LogP contribution in [-0.2, 0) is 4.74 Å². The van der Waals surface area contributed by atoms with Crippen LogP contribution < -0.4 is 4.74 Å². The number of carbonyl (C=O) groups is 1. The molecule has 4 nitrogen and oxygen atoms in total. The van der Waals surface area contributed by atoms with Gasteiger partial charge in [-0.05, 0) is 12.1 Å². The maximum atomic E-state index is 12.3. The number of hydrogen-bond donors (Lipinski definition) is 0. The number of hydrogen-bond acceptors (Lipinski definition) is 3. The van der Waals surface area contributed by atoms with E-state index in [0.717, 1.165) is 0 Å². The number of methoxy groups -OCH3 is 1. The van der Waals surface area contributed by atoms with E-state index in [1.165, 1.54) is 37.3 Å². The lowest BCUT2D eigenvalue weighted by molar-refractivity contribution is -0.0502. The molecule has 1 aromatic rings. The van der Waals surface area contributed by atoms with E-state index in [4.69, 9.17) is 16.3 Å². The fourth-order valence-corrected chi connectivity index (χ4v) is 1.99. The Hall–Kier alpha value is -1.40. The van der Waals surface area contributed by atoms with E-state index in [1.807, 2.05) is 0 Å². The minimum absolute atomic E-state index is 0.0663. The van der Waals surface area contributed by atoms with Crippen molar-refractivity contribution in [1.82, 2.24) is 4.90 Å². The van der Waals surface area contributed by atoms with Crippen LogP contribution in [0.5, 0.6) is 5.75 Å². The van der Waals surface area contributed by atoms with Crippen molar-refractivity contribution in [2.75, 3.05) is 27.3 Å². The number of benzene rings is 1. The van der Waals surface area contributed by atoms with E-state index in [0.29, 0.717) is 0 Å². The van der Waals surface area contributed by atoms with Crippen LogP contribution in [0.3, 0.4) is 0 Å². The number of ether oxygens (including phenoxy) is 2. The third-order valence-electron chi connectivity index (χ3n) is 2.50. The van der Waals surface area contributed by atoms with Crippen LogP contribution in [0.15, 0.2) is 24.3 Å². The number of amides is 1. The van der Waals surface area contributed by atoms with Gasteiger partial charge in [-0.25, -0.2) is 0 Å². The van der Waals surface area contributed by atoms with Crippen LogP contribution in [0, 0.1) is 0 Å². The summed E-state index contributed by atoms with van der Waals surface area (Å²) >= 11 is 5.96. The van der Waals surface area contributed by atoms with Crippen molar-refractivity contribution in [3.63, 3.8) is 0 Å². The molecule has 0 N–H and O–H groups in total. The van der Waals surface area contributed by atoms with E-state index < -0.39 is 12.5 Å². The Morgan fingerprint density at radius 2 is 2.05 bits per heavy atom. The highest BCUT2D eigenvalue weighted by Gasteiger charge is 2.20. The van der Waals surface area contributed by atoms with Gasteiger partial charge in [0.1, 0.15) is 5.75 Å². The zero-order valence-corrected chi connectivity index (χ0v) is 11.9. The fraction of sp³-hybridized carbons (Fsp3) is 0.462. The normalized spacial score (nSPS) is 12.3. The van der Waals surface area contributed by atoms with Crippen LogP contribution in [0.4, 0.5) is 8.78 Å². The highest BCUT2D eigenvalue weighted by molar-refractivity contribution is 6.21. The molecular formula is C13H16ClF2NO3. The summed E-state index contributed by atoms with van der Waals surface area (Å²) in [6.07, 6.45) is 0. The Kier molecular flexibility index (Phi) is 6.67. The van der Waals surface area contributed by atoms with Gasteiger partial charge in [-0.2, -0.15) is 8.78 Å². The first-order valence-corrected chi connectivity index (χ1v) is 6.31. The lowest BCUT2D eigenvalue weighted by atomic mass is 10.1. The molecular weight excluding hydrogens is 292 g/mol. The summed E-state index contributed by atoms with van der Waals surface area (Å²) in [6, 6.07) is 5.84. The van der Waals surface area contributed by atoms with Gasteiger partial charge in [-0.3, -0.25) is 4.79 Å². The van der Waals surface area contributed by atoms with E-state index in [2.05, 4.69) is 4.74 Å². The minimum Gasteiger partial charge on any atom is -0.434 e. The molecule has 0 aliphatic rings. The molecule has 0 fully saturated rings. The molecule has 1 rings (SSSR count). The summed E-state index contributed by atoms with van der Waals surface area (Å²) < 4.78 is 33.8. The molecule has 7 heteroatoms. The van der Waals surface area contributed by atoms with Gasteiger partial charge in [0.2, 0.25) is 0 Å². The van der Waals surface area contributed by atoms with Gasteiger partial charge < -0.3 is 14.4 Å². The summed E-state index contributed by atoms with van der Waals surface area (Å²) in [6.45, 7) is -2.46. The van der Waals surface area contributed by atoms with Crippen LogP contribution >= 0.6 is 11.6 Å². The molecule has 0 spiro atoms. The third-order valence-corrected chi connectivity index (χ3v) is 2.76. The molecule has 0 aliphatic heterocycles. The lowest BCUT2D eigenvalue weighted by Crippen LogP contribution is -2.34. The molecule has 1 aromatic carbocycles. The van der Waals surface area contributed by atoms with Gasteiger partial charge in [0, 0.05) is 20.7 Å². The first-order chi connectivity index (χ1) is 9.45. The molecule has 1 amide bonds. The number of alkyl halides is 3. The largest absolute Gasteiger partial charge is 0.434 e. The fourth-order valence-electron chi connectivity index (χ4n) is 1.66. The Bertz CT molecular complexity index is 445. The zero-order valence-electron chi connectivity index (χ0n) is 11.2. The van der Waals surface area contributed by atoms with Gasteiger partial charge in [0.25, 0.3) is 5.91 Å². The Morgan fingerprint density at radius 3 is 2.65 bits per heavy atom. The molecule has 0 saturated heterocycles. The number of para-hydroxylation sites is 1. The summed E-state index contributed by atoms with van der Waals surface area (Å²) in [7, 11) is 3.04. The van der Waals surface area contributed by atoms with Crippen LogP contribution in [-0.4, -0.2) is 50.1 Å². The van der Waals surface area contributed by atoms with Crippen LogP contribution in [0.2, 0.25) is 0 Å². The molecule has 1 atom stereocenters. The van der Waals surface area contributed by atoms with Crippen molar-refractivity contribution in [2.45, 2.75) is 12.0 Å². The maximum Gasteiger partial charge on any atom is 0.387 e. The van der Waals surface area contributed by atoms with E-state index >= 15 is 0 Å². The van der Waals surface area contributed by atoms with Gasteiger partial charge in [0.05, 0.1) is 17.5 Å². The molecule has 0 bridgehead atoms. The van der Waals surface area contributed by atoms with Crippen molar-refractivity contribution < 1.29 is 23.0 Å². The smallest absolute Gasteiger partial charge is 0.387 e. The lowest BCUT2D eigenvalue weighted by Gasteiger charge is -2.21. The number of nitrogens with zero attached hydrogens (tertiary/aromatic N) is 1.